The molecule has 1 heterocycles. The summed E-state index contributed by atoms with van der Waals surface area (Å²) in [7, 11) is 0. The minimum Gasteiger partial charge on any atom is -0.488 e. The number of ether oxygens (including phenoxy) is 3. The van der Waals surface area contributed by atoms with Crippen LogP contribution in [0.4, 0.5) is 5.69 Å². The van der Waals surface area contributed by atoms with Crippen LogP contribution in [0.15, 0.2) is 59.1 Å². The fourth-order valence-corrected chi connectivity index (χ4v) is 3.70. The van der Waals surface area contributed by atoms with Gasteiger partial charge >= 0.3 is 0 Å². The molecule has 0 aliphatic carbocycles. The lowest BCUT2D eigenvalue weighted by atomic mass is 10.2. The molecule has 144 valence electrons. The molecular formula is C21H16BrCl2NO3. The number of nitrogens with one attached hydrogen (secondary N) is 1. The average molecular weight is 481 g/mol. The van der Waals surface area contributed by atoms with Gasteiger partial charge in [0.1, 0.15) is 12.4 Å². The van der Waals surface area contributed by atoms with E-state index in [0.29, 0.717) is 23.2 Å². The normalized spacial score (nSPS) is 12.1. The Morgan fingerprint density at radius 2 is 1.79 bits per heavy atom. The molecule has 0 saturated carbocycles. The molecule has 0 fully saturated rings. The predicted molar refractivity (Wildman–Crippen MR) is 115 cm³/mol. The van der Waals surface area contributed by atoms with Gasteiger partial charge in [0.2, 0.25) is 6.79 Å². The third-order valence-electron chi connectivity index (χ3n) is 4.28. The second-order valence-electron chi connectivity index (χ2n) is 6.20. The van der Waals surface area contributed by atoms with Gasteiger partial charge in [-0.1, -0.05) is 45.2 Å². The highest BCUT2D eigenvalue weighted by Crippen LogP contribution is 2.35. The highest BCUT2D eigenvalue weighted by atomic mass is 79.9. The summed E-state index contributed by atoms with van der Waals surface area (Å²) in [6.45, 7) is 1.20. The van der Waals surface area contributed by atoms with Crippen molar-refractivity contribution in [1.29, 1.82) is 0 Å². The molecule has 0 amide bonds. The largest absolute Gasteiger partial charge is 0.488 e. The zero-order chi connectivity index (χ0) is 19.5. The van der Waals surface area contributed by atoms with Gasteiger partial charge in [-0.25, -0.2) is 0 Å². The molecule has 3 aromatic rings. The Balaban J connectivity index is 1.47. The van der Waals surface area contributed by atoms with Crippen LogP contribution in [-0.2, 0) is 13.2 Å². The lowest BCUT2D eigenvalue weighted by Crippen LogP contribution is -2.04. The van der Waals surface area contributed by atoms with Crippen molar-refractivity contribution in [1.82, 2.24) is 0 Å². The Kier molecular flexibility index (Phi) is 5.85. The van der Waals surface area contributed by atoms with Gasteiger partial charge in [-0.15, -0.1) is 0 Å². The van der Waals surface area contributed by atoms with E-state index in [2.05, 4.69) is 21.2 Å². The molecule has 4 nitrogen and oxygen atoms in total. The third kappa shape index (κ3) is 4.49. The van der Waals surface area contributed by atoms with Gasteiger partial charge in [0.15, 0.2) is 11.5 Å². The Bertz CT molecular complexity index is 1010. The highest BCUT2D eigenvalue weighted by Gasteiger charge is 2.13. The van der Waals surface area contributed by atoms with Crippen LogP contribution < -0.4 is 19.5 Å². The molecule has 7 heteroatoms. The zero-order valence-electron chi connectivity index (χ0n) is 14.7. The molecule has 1 N–H and O–H groups in total. The molecule has 0 spiro atoms. The van der Waals surface area contributed by atoms with E-state index in [1.807, 2.05) is 42.5 Å². The van der Waals surface area contributed by atoms with Crippen LogP contribution in [0.5, 0.6) is 17.2 Å². The maximum atomic E-state index is 6.24. The van der Waals surface area contributed by atoms with Crippen molar-refractivity contribution in [3.05, 3.63) is 80.2 Å². The number of hydrogen-bond donors (Lipinski definition) is 1. The van der Waals surface area contributed by atoms with Crippen molar-refractivity contribution in [2.24, 2.45) is 0 Å². The van der Waals surface area contributed by atoms with Crippen LogP contribution in [0.3, 0.4) is 0 Å². The maximum Gasteiger partial charge on any atom is 0.231 e. The summed E-state index contributed by atoms with van der Waals surface area (Å²) in [5.74, 6) is 2.28. The third-order valence-corrected chi connectivity index (χ3v) is 5.36. The number of hydrogen-bond acceptors (Lipinski definition) is 4. The SMILES string of the molecule is Clc1ccc(COc2ccc(Br)cc2CNc2ccc3c(c2)OCO3)c(Cl)c1. The number of halogens is 3. The average Bonchev–Trinajstić information content (AvgIpc) is 3.14. The van der Waals surface area contributed by atoms with E-state index in [4.69, 9.17) is 37.4 Å². The van der Waals surface area contributed by atoms with Crippen LogP contribution in [0.25, 0.3) is 0 Å². The predicted octanol–water partition coefficient (Wildman–Crippen LogP) is 6.68. The fourth-order valence-electron chi connectivity index (χ4n) is 2.83. The summed E-state index contributed by atoms with van der Waals surface area (Å²) >= 11 is 15.7. The van der Waals surface area contributed by atoms with Crippen LogP contribution in [-0.4, -0.2) is 6.79 Å². The first-order chi connectivity index (χ1) is 13.6. The van der Waals surface area contributed by atoms with Gasteiger partial charge in [0.05, 0.1) is 0 Å². The van der Waals surface area contributed by atoms with Crippen molar-refractivity contribution >= 4 is 44.8 Å². The van der Waals surface area contributed by atoms with E-state index in [-0.39, 0.29) is 6.79 Å². The van der Waals surface area contributed by atoms with Crippen LogP contribution >= 0.6 is 39.1 Å². The molecule has 0 atom stereocenters. The van der Waals surface area contributed by atoms with E-state index in [1.165, 1.54) is 0 Å². The fraction of sp³-hybridized carbons (Fsp3) is 0.143. The Morgan fingerprint density at radius 1 is 0.929 bits per heavy atom. The van der Waals surface area contributed by atoms with Crippen molar-refractivity contribution in [2.45, 2.75) is 13.2 Å². The molecule has 1 aliphatic heterocycles. The minimum absolute atomic E-state index is 0.260. The Hall–Kier alpha value is -2.08. The van der Waals surface area contributed by atoms with Crippen LogP contribution in [0.2, 0.25) is 10.0 Å². The summed E-state index contributed by atoms with van der Waals surface area (Å²) in [6, 6.07) is 17.1. The smallest absolute Gasteiger partial charge is 0.231 e. The lowest BCUT2D eigenvalue weighted by molar-refractivity contribution is 0.174. The molecule has 0 unspecified atom stereocenters. The first kappa shape index (κ1) is 19.2. The molecule has 0 radical (unpaired) electrons. The first-order valence-electron chi connectivity index (χ1n) is 8.57. The van der Waals surface area contributed by atoms with Gasteiger partial charge in [0, 0.05) is 43.9 Å². The first-order valence-corrected chi connectivity index (χ1v) is 10.1. The van der Waals surface area contributed by atoms with Gasteiger partial charge < -0.3 is 19.5 Å². The topological polar surface area (TPSA) is 39.7 Å². The molecular weight excluding hydrogens is 465 g/mol. The molecule has 0 saturated heterocycles. The molecule has 0 bridgehead atoms. The van der Waals surface area contributed by atoms with E-state index < -0.39 is 0 Å². The van der Waals surface area contributed by atoms with E-state index in [0.717, 1.165) is 38.5 Å². The van der Waals surface area contributed by atoms with Crippen molar-refractivity contribution < 1.29 is 14.2 Å². The van der Waals surface area contributed by atoms with E-state index >= 15 is 0 Å². The number of benzene rings is 3. The quantitative estimate of drug-likeness (QED) is 0.427. The summed E-state index contributed by atoms with van der Waals surface area (Å²) in [6.07, 6.45) is 0. The second-order valence-corrected chi connectivity index (χ2v) is 7.96. The zero-order valence-corrected chi connectivity index (χ0v) is 17.8. The van der Waals surface area contributed by atoms with Crippen LogP contribution in [0.1, 0.15) is 11.1 Å². The van der Waals surface area contributed by atoms with Crippen molar-refractivity contribution in [3.8, 4) is 17.2 Å². The van der Waals surface area contributed by atoms with Gasteiger partial charge in [-0.05, 0) is 42.5 Å². The van der Waals surface area contributed by atoms with E-state index in [1.54, 1.807) is 12.1 Å². The molecule has 1 aliphatic rings. The number of anilines is 1. The molecule has 3 aromatic carbocycles. The van der Waals surface area contributed by atoms with Crippen LogP contribution in [0, 0.1) is 0 Å². The Morgan fingerprint density at radius 3 is 2.64 bits per heavy atom. The highest BCUT2D eigenvalue weighted by molar-refractivity contribution is 9.10. The standard InChI is InChI=1S/C21H16BrCl2NO3/c22-15-2-5-19(26-11-13-1-3-16(23)8-18(13)24)14(7-15)10-25-17-4-6-20-21(9-17)28-12-27-20/h1-9,25H,10-12H2. The molecule has 28 heavy (non-hydrogen) atoms. The number of rotatable bonds is 6. The van der Waals surface area contributed by atoms with Crippen molar-refractivity contribution in [3.63, 3.8) is 0 Å². The summed E-state index contributed by atoms with van der Waals surface area (Å²) in [5, 5.41) is 4.59. The summed E-state index contributed by atoms with van der Waals surface area (Å²) in [4.78, 5) is 0. The van der Waals surface area contributed by atoms with E-state index in [9.17, 15) is 0 Å². The maximum absolute atomic E-state index is 6.24. The van der Waals surface area contributed by atoms with Gasteiger partial charge in [-0.3, -0.25) is 0 Å². The monoisotopic (exact) mass is 479 g/mol. The minimum atomic E-state index is 0.260. The molecule has 4 rings (SSSR count). The van der Waals surface area contributed by atoms with Gasteiger partial charge in [0.25, 0.3) is 0 Å². The summed E-state index contributed by atoms with van der Waals surface area (Å²) < 4.78 is 17.8. The Labute approximate surface area is 181 Å². The lowest BCUT2D eigenvalue weighted by Gasteiger charge is -2.14. The molecule has 0 aromatic heterocycles. The van der Waals surface area contributed by atoms with Crippen molar-refractivity contribution in [2.75, 3.05) is 12.1 Å². The van der Waals surface area contributed by atoms with Gasteiger partial charge in [-0.2, -0.15) is 0 Å². The summed E-state index contributed by atoms with van der Waals surface area (Å²) in [5.41, 5.74) is 2.83. The second kappa shape index (κ2) is 8.52. The number of fused-ring (bicyclic) bond motifs is 1.